The Morgan fingerprint density at radius 2 is 2.00 bits per heavy atom. The van der Waals surface area contributed by atoms with Crippen LogP contribution < -0.4 is 24.0 Å². The SMILES string of the molecule is Cc1[c]cccc1.[I-].[Zn]. The number of rotatable bonds is 0. The van der Waals surface area contributed by atoms with Crippen molar-refractivity contribution in [3.8, 4) is 0 Å². The average molecular weight is 283 g/mol. The van der Waals surface area contributed by atoms with Crippen molar-refractivity contribution in [3.05, 3.63) is 35.9 Å². The smallest absolute Gasteiger partial charge is 0 e. The summed E-state index contributed by atoms with van der Waals surface area (Å²) in [5.74, 6) is 0. The maximum Gasteiger partial charge on any atom is 0 e. The van der Waals surface area contributed by atoms with Gasteiger partial charge in [0.2, 0.25) is 0 Å². The molecular weight excluding hydrogens is 276 g/mol. The second-order valence-electron chi connectivity index (χ2n) is 1.55. The van der Waals surface area contributed by atoms with Crippen molar-refractivity contribution in [2.75, 3.05) is 0 Å². The van der Waals surface area contributed by atoms with Crippen LogP contribution in [0.2, 0.25) is 0 Å². The average Bonchev–Trinajstić information content (AvgIpc) is 1.69. The Balaban J connectivity index is 0. The van der Waals surface area contributed by atoms with Crippen LogP contribution in [0.4, 0.5) is 0 Å². The predicted molar refractivity (Wildman–Crippen MR) is 30.0 cm³/mol. The minimum Gasteiger partial charge on any atom is -1.00 e. The second kappa shape index (κ2) is 6.69. The molecule has 2 heteroatoms. The molecule has 0 atom stereocenters. The minimum absolute atomic E-state index is 0. The van der Waals surface area contributed by atoms with Crippen molar-refractivity contribution < 1.29 is 43.5 Å². The second-order valence-corrected chi connectivity index (χ2v) is 1.55. The van der Waals surface area contributed by atoms with Gasteiger partial charge in [-0.15, -0.1) is 0 Å². The summed E-state index contributed by atoms with van der Waals surface area (Å²) in [6, 6.07) is 10.9. The van der Waals surface area contributed by atoms with E-state index in [0.29, 0.717) is 0 Å². The third-order valence-corrected chi connectivity index (χ3v) is 0.865. The zero-order valence-electron chi connectivity index (χ0n) is 5.39. The van der Waals surface area contributed by atoms with Crippen LogP contribution in [0.25, 0.3) is 0 Å². The molecule has 0 heterocycles. The molecule has 0 bridgehead atoms. The predicted octanol–water partition coefficient (Wildman–Crippen LogP) is -1.20. The number of aryl methyl sites for hydroxylation is 1. The molecule has 1 aromatic rings. The van der Waals surface area contributed by atoms with E-state index in [9.17, 15) is 0 Å². The first-order valence-electron chi connectivity index (χ1n) is 2.33. The molecule has 0 aliphatic carbocycles. The molecule has 0 spiro atoms. The van der Waals surface area contributed by atoms with E-state index < -0.39 is 0 Å². The molecule has 0 aliphatic heterocycles. The van der Waals surface area contributed by atoms with E-state index in [4.69, 9.17) is 0 Å². The van der Waals surface area contributed by atoms with Gasteiger partial charge in [0, 0.05) is 19.5 Å². The number of benzene rings is 1. The molecule has 45 valence electrons. The van der Waals surface area contributed by atoms with E-state index in [-0.39, 0.29) is 43.5 Å². The van der Waals surface area contributed by atoms with Gasteiger partial charge in [-0.05, 0) is 18.6 Å². The van der Waals surface area contributed by atoms with Gasteiger partial charge >= 0.3 is 0 Å². The molecule has 0 nitrogen and oxygen atoms in total. The monoisotopic (exact) mass is 282 g/mol. The molecule has 0 aromatic heterocycles. The summed E-state index contributed by atoms with van der Waals surface area (Å²) in [6.45, 7) is 2.03. The summed E-state index contributed by atoms with van der Waals surface area (Å²) < 4.78 is 0. The molecule has 0 amide bonds. The molecule has 0 saturated carbocycles. The van der Waals surface area contributed by atoms with Crippen LogP contribution in [-0.2, 0) is 19.5 Å². The third kappa shape index (κ3) is 5.04. The van der Waals surface area contributed by atoms with Gasteiger partial charge in [-0.2, -0.15) is 0 Å². The number of halogens is 1. The summed E-state index contributed by atoms with van der Waals surface area (Å²) >= 11 is 0. The fourth-order valence-corrected chi connectivity index (χ4v) is 0.483. The van der Waals surface area contributed by atoms with E-state index >= 15 is 0 Å². The number of hydrogen-bond acceptors (Lipinski definition) is 0. The maximum absolute atomic E-state index is 3.03. The Labute approximate surface area is 85.8 Å². The minimum atomic E-state index is 0. The first-order valence-corrected chi connectivity index (χ1v) is 2.33. The van der Waals surface area contributed by atoms with E-state index in [1.807, 2.05) is 31.2 Å². The van der Waals surface area contributed by atoms with Crippen LogP contribution in [0.5, 0.6) is 0 Å². The summed E-state index contributed by atoms with van der Waals surface area (Å²) in [7, 11) is 0. The van der Waals surface area contributed by atoms with Crippen LogP contribution >= 0.6 is 0 Å². The summed E-state index contributed by atoms with van der Waals surface area (Å²) in [5, 5.41) is 0. The summed E-state index contributed by atoms with van der Waals surface area (Å²) in [5.41, 5.74) is 1.20. The van der Waals surface area contributed by atoms with Crippen molar-refractivity contribution in [1.82, 2.24) is 0 Å². The van der Waals surface area contributed by atoms with Crippen molar-refractivity contribution in [3.63, 3.8) is 0 Å². The quantitative estimate of drug-likeness (QED) is 0.414. The van der Waals surface area contributed by atoms with Gasteiger partial charge in [0.05, 0.1) is 0 Å². The van der Waals surface area contributed by atoms with Gasteiger partial charge in [0.25, 0.3) is 0 Å². The first-order chi connectivity index (χ1) is 3.39. The fraction of sp³-hybridized carbons (Fsp3) is 0.143. The van der Waals surface area contributed by atoms with E-state index in [0.717, 1.165) is 0 Å². The number of hydrogen-bond donors (Lipinski definition) is 0. The molecule has 1 aromatic carbocycles. The van der Waals surface area contributed by atoms with Crippen molar-refractivity contribution in [2.45, 2.75) is 6.92 Å². The first kappa shape index (κ1) is 12.3. The fourth-order valence-electron chi connectivity index (χ4n) is 0.483. The maximum atomic E-state index is 3.03. The topological polar surface area (TPSA) is 0 Å². The van der Waals surface area contributed by atoms with Gasteiger partial charge in [-0.3, -0.25) is 0 Å². The summed E-state index contributed by atoms with van der Waals surface area (Å²) in [4.78, 5) is 0. The Hall–Kier alpha value is 0.573. The molecule has 1 rings (SSSR count). The van der Waals surface area contributed by atoms with E-state index in [2.05, 4.69) is 6.07 Å². The largest absolute Gasteiger partial charge is 1.00 e. The molecule has 9 heavy (non-hydrogen) atoms. The Bertz CT molecular complexity index is 139. The Morgan fingerprint density at radius 3 is 2.22 bits per heavy atom. The molecule has 0 N–H and O–H groups in total. The van der Waals surface area contributed by atoms with Crippen molar-refractivity contribution in [2.24, 2.45) is 0 Å². The standard InChI is InChI=1S/C7H7.HI.Zn/c1-7-5-3-2-4-6-7;;/h2-5H,1H3;1H;/p-1. The van der Waals surface area contributed by atoms with Gasteiger partial charge in [-0.1, -0.05) is 24.3 Å². The molecule has 0 saturated heterocycles. The van der Waals surface area contributed by atoms with Gasteiger partial charge < -0.3 is 24.0 Å². The van der Waals surface area contributed by atoms with E-state index in [1.54, 1.807) is 0 Å². The molecule has 0 aliphatic rings. The van der Waals surface area contributed by atoms with Crippen molar-refractivity contribution >= 4 is 0 Å². The Kier molecular flexibility index (Phi) is 9.12. The summed E-state index contributed by atoms with van der Waals surface area (Å²) in [6.07, 6.45) is 0. The van der Waals surface area contributed by atoms with Crippen LogP contribution in [0, 0.1) is 13.0 Å². The Morgan fingerprint density at radius 1 is 1.33 bits per heavy atom. The van der Waals surface area contributed by atoms with Crippen LogP contribution in [0.15, 0.2) is 24.3 Å². The molecule has 1 radical (unpaired) electrons. The van der Waals surface area contributed by atoms with Crippen molar-refractivity contribution in [1.29, 1.82) is 0 Å². The van der Waals surface area contributed by atoms with Gasteiger partial charge in [-0.25, -0.2) is 0 Å². The molecule has 0 unspecified atom stereocenters. The van der Waals surface area contributed by atoms with Crippen LogP contribution in [-0.4, -0.2) is 0 Å². The third-order valence-electron chi connectivity index (χ3n) is 0.865. The van der Waals surface area contributed by atoms with Gasteiger partial charge in [0.15, 0.2) is 0 Å². The van der Waals surface area contributed by atoms with Crippen LogP contribution in [0.3, 0.4) is 0 Å². The zero-order chi connectivity index (χ0) is 5.11. The van der Waals surface area contributed by atoms with Crippen LogP contribution in [0.1, 0.15) is 5.56 Å². The molecular formula is C7H7IZn-. The molecule has 0 fully saturated rings. The van der Waals surface area contributed by atoms with Gasteiger partial charge in [0.1, 0.15) is 0 Å². The normalized spacial score (nSPS) is 6.78. The van der Waals surface area contributed by atoms with E-state index in [1.165, 1.54) is 5.56 Å². The zero-order valence-corrected chi connectivity index (χ0v) is 10.5.